The number of carboxylic acids is 1. The lowest BCUT2D eigenvalue weighted by Gasteiger charge is -2.56. The summed E-state index contributed by atoms with van der Waals surface area (Å²) in [6.45, 7) is 12.1. The van der Waals surface area contributed by atoms with Gasteiger partial charge in [-0.25, -0.2) is 9.59 Å². The number of imide groups is 1. The van der Waals surface area contributed by atoms with Crippen molar-refractivity contribution in [2.24, 2.45) is 34.3 Å². The maximum absolute atomic E-state index is 14.9. The smallest absolute Gasteiger partial charge is 0.408 e. The van der Waals surface area contributed by atoms with Crippen molar-refractivity contribution in [1.29, 1.82) is 0 Å². The SMILES string of the molecule is CC(C)[C@H](NC(=O)CCOCCNC(=O)CCC(=O)N1Cc2ccccc2C#Cc2ccccc21)C(=O)N[C@@H](CCCNC(N)=O)C(=O)Nc1ccc(COC(=O)N[C@@H](CCC(=O)O)C(=O)Nc2ccc3c(c2)[C@@]2(C)CCC[C@](C)(C(=O)NC(=O)[C@@]4(C)CCC[C@]5(C)c6cc(N)ccc6CC[C@@H]45)[C@@H]2CC3)cc1. The van der Waals surface area contributed by atoms with E-state index in [2.05, 4.69) is 80.4 Å². The van der Waals surface area contributed by atoms with Crippen LogP contribution >= 0.6 is 0 Å². The number of benzene rings is 5. The molecule has 11 amide bonds. The molecule has 568 valence electrons. The second kappa shape index (κ2) is 34.7. The van der Waals surface area contributed by atoms with E-state index in [1.165, 1.54) is 11.1 Å². The van der Waals surface area contributed by atoms with Gasteiger partial charge in [0.25, 0.3) is 0 Å². The Hall–Kier alpha value is -10.6. The third-order valence-electron chi connectivity index (χ3n) is 22.8. The lowest BCUT2D eigenvalue weighted by Crippen LogP contribution is -2.60. The summed E-state index contributed by atoms with van der Waals surface area (Å²) in [4.78, 5) is 150. The average molecular weight is 1460 g/mol. The predicted octanol–water partition coefficient (Wildman–Crippen LogP) is 8.99. The number of carbonyl (C=O) groups is 11. The number of nitrogens with two attached hydrogens (primary N) is 2. The fraction of sp³-hybridized carbons (Fsp3) is 0.476. The predicted molar refractivity (Wildman–Crippen MR) is 404 cm³/mol. The molecule has 0 aromatic heterocycles. The van der Waals surface area contributed by atoms with Crippen LogP contribution in [-0.2, 0) is 89.4 Å². The van der Waals surface area contributed by atoms with E-state index >= 15 is 0 Å². The van der Waals surface area contributed by atoms with Gasteiger partial charge in [-0.2, -0.15) is 0 Å². The Kier molecular flexibility index (Phi) is 25.6. The van der Waals surface area contributed by atoms with Crippen LogP contribution in [0.3, 0.4) is 0 Å². The van der Waals surface area contributed by atoms with Crippen LogP contribution in [0.1, 0.15) is 182 Å². The molecule has 5 aromatic rings. The van der Waals surface area contributed by atoms with E-state index in [9.17, 15) is 57.8 Å². The van der Waals surface area contributed by atoms with E-state index in [0.29, 0.717) is 66.1 Å². The second-order valence-electron chi connectivity index (χ2n) is 30.4. The molecule has 2 fully saturated rings. The molecule has 1 aliphatic heterocycles. The normalized spacial score (nSPS) is 21.7. The maximum atomic E-state index is 14.9. The number of nitrogens with one attached hydrogen (secondary N) is 8. The number of hydrogen-bond donors (Lipinski definition) is 11. The number of amides is 11. The van der Waals surface area contributed by atoms with Crippen LogP contribution in [0.4, 0.5) is 32.3 Å². The number of primary amides is 1. The lowest BCUT2D eigenvalue weighted by atomic mass is 9.49. The molecule has 0 saturated heterocycles. The third-order valence-corrected chi connectivity index (χ3v) is 22.8. The lowest BCUT2D eigenvalue weighted by molar-refractivity contribution is -0.150. The van der Waals surface area contributed by atoms with Crippen LogP contribution in [0.2, 0.25) is 0 Å². The average Bonchev–Trinajstić information content (AvgIpc) is 0.723. The third kappa shape index (κ3) is 19.0. The number of anilines is 4. The summed E-state index contributed by atoms with van der Waals surface area (Å²) in [5, 5.41) is 31.6. The minimum absolute atomic E-state index is 0.0207. The molecule has 107 heavy (non-hydrogen) atoms. The number of fused-ring (bicyclic) bond motifs is 8. The van der Waals surface area contributed by atoms with Crippen molar-refractivity contribution in [3.05, 3.63) is 154 Å². The molecule has 0 radical (unpaired) electrons. The Bertz CT molecular complexity index is 4270. The van der Waals surface area contributed by atoms with E-state index in [0.717, 1.165) is 60.8 Å². The molecule has 25 heteroatoms. The minimum Gasteiger partial charge on any atom is -0.481 e. The molecule has 0 unspecified atom stereocenters. The Morgan fingerprint density at radius 1 is 0.598 bits per heavy atom. The van der Waals surface area contributed by atoms with Gasteiger partial charge in [0.15, 0.2) is 0 Å². The van der Waals surface area contributed by atoms with Gasteiger partial charge < -0.3 is 68.2 Å². The highest BCUT2D eigenvalue weighted by Gasteiger charge is 2.59. The number of hydrogen-bond acceptors (Lipinski definition) is 14. The Balaban J connectivity index is 0.679. The van der Waals surface area contributed by atoms with Crippen molar-refractivity contribution in [2.45, 2.75) is 193 Å². The molecule has 4 aliphatic carbocycles. The van der Waals surface area contributed by atoms with Crippen molar-refractivity contribution < 1.29 is 67.3 Å². The van der Waals surface area contributed by atoms with Crippen molar-refractivity contribution in [1.82, 2.24) is 31.9 Å². The Morgan fingerprint density at radius 3 is 1.85 bits per heavy atom. The summed E-state index contributed by atoms with van der Waals surface area (Å²) < 4.78 is 11.1. The number of ether oxygens (including phenoxy) is 2. The topological polar surface area (TPSA) is 378 Å². The fourth-order valence-corrected chi connectivity index (χ4v) is 17.0. The highest BCUT2D eigenvalue weighted by atomic mass is 16.5. The molecule has 2 saturated carbocycles. The molecule has 0 bridgehead atoms. The zero-order valence-corrected chi connectivity index (χ0v) is 62.0. The molecule has 0 spiro atoms. The van der Waals surface area contributed by atoms with E-state index in [1.54, 1.807) is 49.1 Å². The Morgan fingerprint density at radius 2 is 1.20 bits per heavy atom. The molecule has 10 rings (SSSR count). The highest BCUT2D eigenvalue weighted by molar-refractivity contribution is 6.02. The largest absolute Gasteiger partial charge is 0.481 e. The number of carbonyl (C=O) groups excluding carboxylic acids is 10. The number of rotatable bonds is 29. The number of nitrogens with zero attached hydrogens (tertiary/aromatic N) is 1. The number of aryl methyl sites for hydroxylation is 2. The van der Waals surface area contributed by atoms with Gasteiger partial charge in [0.2, 0.25) is 47.3 Å². The number of alkyl carbamates (subject to hydrolysis) is 1. The van der Waals surface area contributed by atoms with Crippen molar-refractivity contribution in [3.8, 4) is 11.8 Å². The fourth-order valence-electron chi connectivity index (χ4n) is 17.0. The molecule has 5 aliphatic rings. The van der Waals surface area contributed by atoms with Crippen LogP contribution in [0.5, 0.6) is 0 Å². The summed E-state index contributed by atoms with van der Waals surface area (Å²) in [6, 6.07) is 28.7. The summed E-state index contributed by atoms with van der Waals surface area (Å²) in [5.41, 5.74) is 18.7. The molecular formula is C82H101N11O14. The van der Waals surface area contributed by atoms with Crippen LogP contribution in [0.25, 0.3) is 0 Å². The van der Waals surface area contributed by atoms with Crippen LogP contribution in [0.15, 0.2) is 109 Å². The first-order chi connectivity index (χ1) is 51.1. The first kappa shape index (κ1) is 79.0. The molecular weight excluding hydrogens is 1360 g/mol. The van der Waals surface area contributed by atoms with Crippen LogP contribution in [-0.4, -0.2) is 115 Å². The minimum atomic E-state index is -1.33. The maximum Gasteiger partial charge on any atom is 0.408 e. The van der Waals surface area contributed by atoms with Crippen molar-refractivity contribution in [2.75, 3.05) is 47.6 Å². The van der Waals surface area contributed by atoms with Gasteiger partial charge in [-0.15, -0.1) is 0 Å². The number of carboxylic acid groups (broad SMARTS) is 1. The van der Waals surface area contributed by atoms with Crippen molar-refractivity contribution >= 4 is 88.1 Å². The molecule has 13 N–H and O–H groups in total. The van der Waals surface area contributed by atoms with Gasteiger partial charge in [-0.05, 0) is 187 Å². The molecule has 25 nitrogen and oxygen atoms in total. The number of aliphatic carboxylic acids is 1. The van der Waals surface area contributed by atoms with E-state index in [1.807, 2.05) is 80.6 Å². The monoisotopic (exact) mass is 1460 g/mol. The molecule has 1 heterocycles. The summed E-state index contributed by atoms with van der Waals surface area (Å²) >= 11 is 0. The molecule has 9 atom stereocenters. The summed E-state index contributed by atoms with van der Waals surface area (Å²) in [7, 11) is 0. The standard InChI is InChI=1S/C82H101N11O14/c1-50(2)71(91-68(95)37-44-106-45-43-85-67(94)34-35-69(96)93-48-56-16-8-7-14-52(56)21-22-55-15-9-10-18-64(55)93)74(101)89-62(17-11-42-86-77(84)104)72(99)87-58-28-19-51(20-29-58)49-107-78(105)90-63(31-36-70(97)98)73(100)88-59-30-24-54-26-33-66-80(4,61(54)47-59)39-13-41-82(66,6)76(103)92-75(102)81(5)40-12-38-79(3)60-46-57(83)27-23-53(60)25-32-65(79)81/h7-10,14-16,18-20,23-24,27-30,46-47,50,62-63,65-66,71H,11-13,17,25-26,31-45,48-49,83H2,1-6H3,(H,85,94)(H,87,99)(H,88,100)(H,89,101)(H,90,105)(H,91,95)(H,97,98)(H3,84,86,104)(H,92,102,103)/t62-,63-,65+,66+,71-,79+,80+,81-,82-/m0/s1. The Labute approximate surface area is 624 Å². The quantitative estimate of drug-likeness (QED) is 0.00920. The van der Waals surface area contributed by atoms with E-state index in [-0.39, 0.29) is 112 Å². The van der Waals surface area contributed by atoms with E-state index in [4.69, 9.17) is 20.9 Å². The van der Waals surface area contributed by atoms with Gasteiger partial charge in [-0.3, -0.25) is 48.5 Å². The first-order valence-electron chi connectivity index (χ1n) is 37.3. The summed E-state index contributed by atoms with van der Waals surface area (Å²) in [5.74, 6) is 1.09. The van der Waals surface area contributed by atoms with Crippen molar-refractivity contribution in [3.63, 3.8) is 0 Å². The first-order valence-corrected chi connectivity index (χ1v) is 37.3. The van der Waals surface area contributed by atoms with E-state index < -0.39 is 88.4 Å². The summed E-state index contributed by atoms with van der Waals surface area (Å²) in [6.07, 6.45) is 5.93. The zero-order chi connectivity index (χ0) is 76.8. The molecule has 5 aromatic carbocycles. The second-order valence-corrected chi connectivity index (χ2v) is 30.4. The van der Waals surface area contributed by atoms with Crippen LogP contribution in [0, 0.1) is 40.4 Å². The van der Waals surface area contributed by atoms with Gasteiger partial charge in [0.1, 0.15) is 24.7 Å². The van der Waals surface area contributed by atoms with Crippen LogP contribution < -0.4 is 58.9 Å². The number of nitrogen functional groups attached to an aromatic ring is 1. The van der Waals surface area contributed by atoms with Gasteiger partial charge >= 0.3 is 18.1 Å². The number of urea groups is 1. The number of para-hydroxylation sites is 1. The van der Waals surface area contributed by atoms with Gasteiger partial charge in [0.05, 0.1) is 36.3 Å². The van der Waals surface area contributed by atoms with Gasteiger partial charge in [0, 0.05) is 67.0 Å². The van der Waals surface area contributed by atoms with Gasteiger partial charge in [-0.1, -0.05) is 121 Å². The zero-order valence-electron chi connectivity index (χ0n) is 62.0. The highest BCUT2D eigenvalue weighted by Crippen LogP contribution is 2.60.